The van der Waals surface area contributed by atoms with Crippen molar-refractivity contribution in [1.29, 1.82) is 0 Å². The van der Waals surface area contributed by atoms with E-state index in [1.807, 2.05) is 37.8 Å². The normalized spacial score (nSPS) is 17.4. The Kier molecular flexibility index (Phi) is 15.8. The van der Waals surface area contributed by atoms with Crippen molar-refractivity contribution >= 4 is 46.8 Å². The number of imide groups is 2. The summed E-state index contributed by atoms with van der Waals surface area (Å²) in [5.41, 5.74) is 8.80. The Balaban J connectivity index is 0.752. The van der Waals surface area contributed by atoms with E-state index in [4.69, 9.17) is 4.74 Å². The summed E-state index contributed by atoms with van der Waals surface area (Å²) < 4.78 is 7.39. The first-order valence-corrected chi connectivity index (χ1v) is 25.8. The third-order valence-electron chi connectivity index (χ3n) is 14.8. The minimum atomic E-state index is -1.02. The van der Waals surface area contributed by atoms with Gasteiger partial charge in [-0.05, 0) is 124 Å². The fourth-order valence-corrected chi connectivity index (χ4v) is 10.7. The van der Waals surface area contributed by atoms with Gasteiger partial charge in [0.25, 0.3) is 29.2 Å². The van der Waals surface area contributed by atoms with Gasteiger partial charge in [0.2, 0.25) is 11.8 Å². The molecular weight excluding hydrogens is 943 g/mol. The van der Waals surface area contributed by atoms with Crippen LogP contribution in [-0.2, 0) is 34.0 Å². The molecule has 19 heteroatoms. The molecule has 4 aliphatic heterocycles. The van der Waals surface area contributed by atoms with Crippen LogP contribution in [0.5, 0.6) is 0 Å². The van der Waals surface area contributed by atoms with Crippen LogP contribution in [0.25, 0.3) is 11.1 Å². The highest BCUT2D eigenvalue weighted by Crippen LogP contribution is 2.35. The second-order valence-electron chi connectivity index (χ2n) is 19.7. The minimum Gasteiger partial charge on any atom is -0.384 e. The molecule has 74 heavy (non-hydrogen) atoms. The quantitative estimate of drug-likeness (QED) is 0.0661. The third kappa shape index (κ3) is 11.2. The van der Waals surface area contributed by atoms with Gasteiger partial charge >= 0.3 is 0 Å². The van der Waals surface area contributed by atoms with Crippen LogP contribution >= 0.6 is 0 Å². The number of hydrogen-bond acceptors (Lipinski definition) is 13. The summed E-state index contributed by atoms with van der Waals surface area (Å²) in [6.07, 6.45) is 6.04. The summed E-state index contributed by atoms with van der Waals surface area (Å²) in [6, 6.07) is 18.8. The number of unbranched alkanes of at least 4 members (excludes halogenated alkanes) is 2. The van der Waals surface area contributed by atoms with Crippen LogP contribution in [0.4, 0.5) is 11.4 Å². The maximum atomic E-state index is 14.0. The van der Waals surface area contributed by atoms with Gasteiger partial charge in [-0.15, -0.1) is 5.10 Å². The summed E-state index contributed by atoms with van der Waals surface area (Å²) in [5, 5.41) is 17.0. The largest absolute Gasteiger partial charge is 0.384 e. The molecule has 1 unspecified atom stereocenters. The van der Waals surface area contributed by atoms with Gasteiger partial charge in [0.1, 0.15) is 6.04 Å². The Bertz CT molecular complexity index is 3010. The van der Waals surface area contributed by atoms with E-state index in [1.165, 1.54) is 0 Å². The smallest absolute Gasteiger partial charge is 0.276 e. The second-order valence-corrected chi connectivity index (χ2v) is 19.7. The monoisotopic (exact) mass is 1010 g/mol. The Morgan fingerprint density at radius 1 is 0.865 bits per heavy atom. The van der Waals surface area contributed by atoms with Crippen LogP contribution in [0, 0.1) is 20.8 Å². The number of rotatable bonds is 18. The molecule has 6 amide bonds. The number of aromatic amines is 1. The highest BCUT2D eigenvalue weighted by molar-refractivity contribution is 6.25. The highest BCUT2D eigenvalue weighted by atomic mass is 16.5. The van der Waals surface area contributed by atoms with E-state index in [0.717, 1.165) is 89.3 Å². The highest BCUT2D eigenvalue weighted by Gasteiger charge is 2.45. The van der Waals surface area contributed by atoms with E-state index in [2.05, 4.69) is 78.3 Å². The van der Waals surface area contributed by atoms with Gasteiger partial charge in [-0.1, -0.05) is 35.5 Å². The minimum absolute atomic E-state index is 0.0587. The van der Waals surface area contributed by atoms with Crippen molar-refractivity contribution in [2.45, 2.75) is 104 Å². The van der Waals surface area contributed by atoms with E-state index in [9.17, 15) is 33.6 Å². The number of pyridine rings is 1. The van der Waals surface area contributed by atoms with Gasteiger partial charge in [-0.2, -0.15) is 0 Å². The zero-order valence-electron chi connectivity index (χ0n) is 42.6. The van der Waals surface area contributed by atoms with Gasteiger partial charge in [0, 0.05) is 113 Å². The number of anilines is 2. The number of aromatic nitrogens is 4. The topological polar surface area (TPSA) is 224 Å². The standard InChI is InChI=1S/C55H65N11O8/c1-5-65(40-18-26-74-27-19-40)47-30-39(29-42(36(47)4)50(68)57-31-43-34(2)28-35(3)58-51(43)69)38-14-12-37(13-15-38)32-62-22-24-63(25-23-62)54(72)45-33-64(61-60-45)21-8-6-7-20-56-44-11-9-10-41-49(44)55(73)66(53(41)71)46-16-17-48(67)59-52(46)70/h9-15,28-30,33,40,46,56H,5-8,16-27,31-32H2,1-4H3,(H,57,68)(H,58,69)(H,59,67,70). The number of piperazine rings is 1. The lowest BCUT2D eigenvalue weighted by atomic mass is 9.94. The molecule has 388 valence electrons. The van der Waals surface area contributed by atoms with Gasteiger partial charge in [0.05, 0.1) is 17.3 Å². The van der Waals surface area contributed by atoms with Crippen LogP contribution in [-0.4, -0.2) is 135 Å². The lowest BCUT2D eigenvalue weighted by Gasteiger charge is -2.37. The number of carbonyl (C=O) groups excluding carboxylic acids is 6. The number of nitrogens with zero attached hydrogens (tertiary/aromatic N) is 7. The Morgan fingerprint density at radius 3 is 2.36 bits per heavy atom. The first kappa shape index (κ1) is 51.4. The molecule has 3 aromatic carbocycles. The zero-order chi connectivity index (χ0) is 52.0. The summed E-state index contributed by atoms with van der Waals surface area (Å²) in [6.45, 7) is 14.6. The van der Waals surface area contributed by atoms with Crippen LogP contribution in [0.15, 0.2) is 71.7 Å². The first-order valence-electron chi connectivity index (χ1n) is 25.8. The van der Waals surface area contributed by atoms with E-state index < -0.39 is 29.7 Å². The molecule has 0 bridgehead atoms. The van der Waals surface area contributed by atoms with Crippen LogP contribution in [0.1, 0.15) is 121 Å². The summed E-state index contributed by atoms with van der Waals surface area (Å²) in [5.74, 6) is -2.53. The molecule has 5 aromatic rings. The van der Waals surface area contributed by atoms with Gasteiger partial charge in [-0.3, -0.25) is 53.4 Å². The van der Waals surface area contributed by atoms with Gasteiger partial charge < -0.3 is 30.2 Å². The fraction of sp³-hybridized carbons (Fsp3) is 0.436. The van der Waals surface area contributed by atoms with E-state index >= 15 is 0 Å². The molecule has 0 radical (unpaired) electrons. The van der Waals surface area contributed by atoms with E-state index in [0.29, 0.717) is 75.0 Å². The molecule has 4 N–H and O–H groups in total. The molecule has 2 aromatic heterocycles. The number of aryl methyl sites for hydroxylation is 3. The van der Waals surface area contributed by atoms with E-state index in [-0.39, 0.29) is 53.9 Å². The Hall–Kier alpha value is -7.51. The molecule has 9 rings (SSSR count). The van der Waals surface area contributed by atoms with Gasteiger partial charge in [-0.25, -0.2) is 0 Å². The number of H-pyrrole nitrogens is 1. The number of benzene rings is 3. The molecule has 0 spiro atoms. The maximum Gasteiger partial charge on any atom is 0.276 e. The molecule has 19 nitrogen and oxygen atoms in total. The molecular formula is C55H65N11O8. The van der Waals surface area contributed by atoms with Crippen molar-refractivity contribution in [3.8, 4) is 11.1 Å². The van der Waals surface area contributed by atoms with Crippen LogP contribution < -0.4 is 26.4 Å². The molecule has 1 atom stereocenters. The van der Waals surface area contributed by atoms with Crippen molar-refractivity contribution in [2.75, 3.05) is 62.7 Å². The van der Waals surface area contributed by atoms with Crippen LogP contribution in [0.3, 0.4) is 0 Å². The van der Waals surface area contributed by atoms with Crippen molar-refractivity contribution in [2.24, 2.45) is 0 Å². The van der Waals surface area contributed by atoms with Crippen molar-refractivity contribution in [3.05, 3.63) is 128 Å². The average molecular weight is 1010 g/mol. The van der Waals surface area contributed by atoms with Crippen LogP contribution in [0.2, 0.25) is 0 Å². The third-order valence-corrected chi connectivity index (χ3v) is 14.8. The van der Waals surface area contributed by atoms with Crippen molar-refractivity contribution < 1.29 is 33.5 Å². The first-order chi connectivity index (χ1) is 35.8. The molecule has 0 saturated carbocycles. The average Bonchev–Trinajstić information content (AvgIpc) is 3.97. The Labute approximate surface area is 430 Å². The summed E-state index contributed by atoms with van der Waals surface area (Å²) in [7, 11) is 0. The molecule has 3 saturated heterocycles. The zero-order valence-corrected chi connectivity index (χ0v) is 42.6. The number of fused-ring (bicyclic) bond motifs is 1. The SMILES string of the molecule is CCN(c1cc(-c2ccc(CN3CCN(C(=O)c4cn(CCCCCNc5cccc6c5C(=O)N(C5CCC(=O)NC5=O)C6=O)nn4)CC3)cc2)cc(C(=O)NCc2c(C)cc(C)[nH]c2=O)c1C)C1CCOCC1. The summed E-state index contributed by atoms with van der Waals surface area (Å²) >= 11 is 0. The fourth-order valence-electron chi connectivity index (χ4n) is 10.7. The number of piperidine rings is 1. The molecule has 6 heterocycles. The number of hydrogen-bond donors (Lipinski definition) is 4. The second kappa shape index (κ2) is 22.7. The molecule has 3 fully saturated rings. The Morgan fingerprint density at radius 2 is 1.64 bits per heavy atom. The number of carbonyl (C=O) groups is 6. The lowest BCUT2D eigenvalue weighted by Crippen LogP contribution is -2.54. The van der Waals surface area contributed by atoms with Gasteiger partial charge in [0.15, 0.2) is 5.69 Å². The van der Waals surface area contributed by atoms with E-state index in [1.54, 1.807) is 29.1 Å². The maximum absolute atomic E-state index is 14.0. The lowest BCUT2D eigenvalue weighted by molar-refractivity contribution is -0.136. The van der Waals surface area contributed by atoms with Crippen molar-refractivity contribution in [1.82, 2.24) is 45.3 Å². The summed E-state index contributed by atoms with van der Waals surface area (Å²) in [4.78, 5) is 101. The molecule has 4 aliphatic rings. The van der Waals surface area contributed by atoms with Crippen molar-refractivity contribution in [3.63, 3.8) is 0 Å². The predicted molar refractivity (Wildman–Crippen MR) is 278 cm³/mol. The predicted octanol–water partition coefficient (Wildman–Crippen LogP) is 5.14. The number of ether oxygens (including phenoxy) is 1. The number of amides is 6. The molecule has 0 aliphatic carbocycles. The number of nitrogens with one attached hydrogen (secondary N) is 4.